The van der Waals surface area contributed by atoms with Gasteiger partial charge in [0.15, 0.2) is 5.58 Å². The average molecular weight is 493 g/mol. The van der Waals surface area contributed by atoms with Crippen LogP contribution < -0.4 is 0 Å². The number of rotatable bonds is 5. The third kappa shape index (κ3) is 4.36. The van der Waals surface area contributed by atoms with Crippen molar-refractivity contribution >= 4 is 32.8 Å². The first kappa shape index (κ1) is 23.4. The molecule has 9 nitrogen and oxygen atoms in total. The summed E-state index contributed by atoms with van der Waals surface area (Å²) in [6.07, 6.45) is 3.24. The SMILES string of the molecule is CC1N=C2C(S(=O)(=O)O)CCCN2C(=O)C1CCN1CCC(c2noc3cc(F)ccc23)CC1. The molecular formula is C23H29FN4O5S. The number of aromatic nitrogens is 1. The van der Waals surface area contributed by atoms with Crippen molar-refractivity contribution in [2.75, 3.05) is 26.2 Å². The van der Waals surface area contributed by atoms with Crippen molar-refractivity contribution < 1.29 is 26.7 Å². The highest BCUT2D eigenvalue weighted by Crippen LogP contribution is 2.34. The molecule has 2 saturated heterocycles. The van der Waals surface area contributed by atoms with Crippen LogP contribution in [0, 0.1) is 11.7 Å². The molecule has 1 aromatic heterocycles. The van der Waals surface area contributed by atoms with Crippen LogP contribution >= 0.6 is 0 Å². The lowest BCUT2D eigenvalue weighted by molar-refractivity contribution is -0.133. The van der Waals surface area contributed by atoms with Crippen molar-refractivity contribution in [3.8, 4) is 0 Å². The van der Waals surface area contributed by atoms with E-state index in [9.17, 15) is 22.2 Å². The molecule has 3 unspecified atom stereocenters. The minimum absolute atomic E-state index is 0.0953. The molecule has 3 atom stereocenters. The van der Waals surface area contributed by atoms with E-state index in [0.29, 0.717) is 25.0 Å². The third-order valence-electron chi connectivity index (χ3n) is 7.47. The smallest absolute Gasteiger partial charge is 0.275 e. The Hall–Kier alpha value is -2.37. The molecule has 0 bridgehead atoms. The van der Waals surface area contributed by atoms with Crippen molar-refractivity contribution in [1.82, 2.24) is 15.0 Å². The van der Waals surface area contributed by atoms with E-state index >= 15 is 0 Å². The zero-order chi connectivity index (χ0) is 24.0. The number of benzene rings is 1. The zero-order valence-corrected chi connectivity index (χ0v) is 19.9. The van der Waals surface area contributed by atoms with Gasteiger partial charge in [-0.2, -0.15) is 8.42 Å². The number of piperidine rings is 2. The largest absolute Gasteiger partial charge is 0.356 e. The van der Waals surface area contributed by atoms with Crippen LogP contribution in [0.3, 0.4) is 0 Å². The topological polar surface area (TPSA) is 116 Å². The summed E-state index contributed by atoms with van der Waals surface area (Å²) in [5, 5.41) is 3.95. The number of hydrogen-bond acceptors (Lipinski definition) is 7. The van der Waals surface area contributed by atoms with Crippen LogP contribution in [0.2, 0.25) is 0 Å². The van der Waals surface area contributed by atoms with E-state index in [2.05, 4.69) is 15.0 Å². The predicted molar refractivity (Wildman–Crippen MR) is 124 cm³/mol. The lowest BCUT2D eigenvalue weighted by Gasteiger charge is -2.41. The van der Waals surface area contributed by atoms with Crippen LogP contribution in [-0.2, 0) is 14.9 Å². The van der Waals surface area contributed by atoms with Gasteiger partial charge in [-0.3, -0.25) is 19.2 Å². The summed E-state index contributed by atoms with van der Waals surface area (Å²) in [7, 11) is -4.29. The van der Waals surface area contributed by atoms with Gasteiger partial charge in [-0.05, 0) is 70.8 Å². The van der Waals surface area contributed by atoms with Crippen LogP contribution in [0.15, 0.2) is 27.7 Å². The number of aliphatic imine (C=N–C) groups is 1. The van der Waals surface area contributed by atoms with E-state index in [-0.39, 0.29) is 41.9 Å². The Morgan fingerprint density at radius 3 is 2.71 bits per heavy atom. The normalized spacial score (nSPS) is 27.1. The van der Waals surface area contributed by atoms with Gasteiger partial charge in [-0.1, -0.05) is 5.16 Å². The monoisotopic (exact) mass is 492 g/mol. The summed E-state index contributed by atoms with van der Waals surface area (Å²) < 4.78 is 51.9. The van der Waals surface area contributed by atoms with E-state index in [4.69, 9.17) is 4.52 Å². The summed E-state index contributed by atoms with van der Waals surface area (Å²) in [6, 6.07) is 4.17. The predicted octanol–water partition coefficient (Wildman–Crippen LogP) is 2.83. The fraction of sp³-hybridized carbons (Fsp3) is 0.609. The molecule has 1 N–H and O–H groups in total. The molecule has 0 spiro atoms. The summed E-state index contributed by atoms with van der Waals surface area (Å²) in [5.74, 6) is -0.303. The zero-order valence-electron chi connectivity index (χ0n) is 19.1. The second-order valence-corrected chi connectivity index (χ2v) is 11.2. The Kier molecular flexibility index (Phi) is 6.19. The molecule has 4 heterocycles. The Labute approximate surface area is 197 Å². The van der Waals surface area contributed by atoms with E-state index in [1.807, 2.05) is 6.92 Å². The molecule has 0 radical (unpaired) electrons. The van der Waals surface area contributed by atoms with E-state index in [1.165, 1.54) is 17.0 Å². The van der Waals surface area contributed by atoms with Gasteiger partial charge in [0, 0.05) is 23.9 Å². The number of halogens is 1. The lowest BCUT2D eigenvalue weighted by Crippen LogP contribution is -2.56. The first-order valence-electron chi connectivity index (χ1n) is 11.8. The van der Waals surface area contributed by atoms with Gasteiger partial charge < -0.3 is 9.42 Å². The molecule has 184 valence electrons. The highest BCUT2D eigenvalue weighted by atomic mass is 32.2. The fourth-order valence-electron chi connectivity index (χ4n) is 5.56. The first-order chi connectivity index (χ1) is 16.2. The highest BCUT2D eigenvalue weighted by Gasteiger charge is 2.44. The second kappa shape index (κ2) is 9.01. The Morgan fingerprint density at radius 2 is 1.97 bits per heavy atom. The number of carbonyl (C=O) groups excluding carboxylic acids is 1. The van der Waals surface area contributed by atoms with Crippen LogP contribution in [0.25, 0.3) is 11.0 Å². The summed E-state index contributed by atoms with van der Waals surface area (Å²) in [5.41, 5.74) is 1.35. The maximum atomic E-state index is 13.4. The molecule has 2 fully saturated rings. The Balaban J connectivity index is 1.20. The maximum Gasteiger partial charge on any atom is 0.275 e. The number of carbonyl (C=O) groups is 1. The summed E-state index contributed by atoms with van der Waals surface area (Å²) in [4.78, 5) is 21.5. The molecule has 3 aliphatic rings. The van der Waals surface area contributed by atoms with Gasteiger partial charge in [-0.15, -0.1) is 0 Å². The van der Waals surface area contributed by atoms with Crippen molar-refractivity contribution in [2.24, 2.45) is 10.9 Å². The summed E-state index contributed by atoms with van der Waals surface area (Å²) in [6.45, 7) is 4.75. The van der Waals surface area contributed by atoms with Gasteiger partial charge in [0.25, 0.3) is 10.1 Å². The van der Waals surface area contributed by atoms with Crippen molar-refractivity contribution in [1.29, 1.82) is 0 Å². The molecular weight excluding hydrogens is 463 g/mol. The number of amidine groups is 1. The van der Waals surface area contributed by atoms with Gasteiger partial charge in [0.2, 0.25) is 5.91 Å². The number of amides is 1. The van der Waals surface area contributed by atoms with Crippen molar-refractivity contribution in [2.45, 2.75) is 56.2 Å². The molecule has 34 heavy (non-hydrogen) atoms. The van der Waals surface area contributed by atoms with E-state index in [0.717, 1.165) is 43.6 Å². The average Bonchev–Trinajstić information content (AvgIpc) is 3.21. The number of fused-ring (bicyclic) bond motifs is 2. The minimum Gasteiger partial charge on any atom is -0.356 e. The molecule has 1 amide bonds. The van der Waals surface area contributed by atoms with Crippen LogP contribution in [0.5, 0.6) is 0 Å². The van der Waals surface area contributed by atoms with E-state index < -0.39 is 15.4 Å². The van der Waals surface area contributed by atoms with Crippen molar-refractivity contribution in [3.63, 3.8) is 0 Å². The maximum absolute atomic E-state index is 13.4. The van der Waals surface area contributed by atoms with E-state index in [1.54, 1.807) is 6.07 Å². The molecule has 5 rings (SSSR count). The van der Waals surface area contributed by atoms with Gasteiger partial charge in [0.1, 0.15) is 16.9 Å². The number of nitrogens with zero attached hydrogens (tertiary/aromatic N) is 4. The molecule has 2 aromatic rings. The molecule has 1 aromatic carbocycles. The molecule has 11 heteroatoms. The molecule has 0 saturated carbocycles. The highest BCUT2D eigenvalue weighted by molar-refractivity contribution is 7.87. The molecule has 0 aliphatic carbocycles. The second-order valence-electron chi connectivity index (χ2n) is 9.58. The van der Waals surface area contributed by atoms with Crippen LogP contribution in [-0.4, -0.2) is 77.1 Å². The third-order valence-corrected chi connectivity index (χ3v) is 8.63. The van der Waals surface area contributed by atoms with Gasteiger partial charge in [-0.25, -0.2) is 4.39 Å². The summed E-state index contributed by atoms with van der Waals surface area (Å²) >= 11 is 0. The lowest BCUT2D eigenvalue weighted by atomic mass is 9.89. The van der Waals surface area contributed by atoms with Gasteiger partial charge >= 0.3 is 0 Å². The fourth-order valence-corrected chi connectivity index (χ4v) is 6.48. The standard InChI is InChI=1S/C23H29FN4O5S/c1-14-17(23(29)28-9-2-3-20(22(28)25-14)34(30,31)32)8-12-27-10-6-15(7-11-27)21-18-5-4-16(24)13-19(18)33-26-21/h4-5,13-15,17,20H,2-3,6-12H2,1H3,(H,30,31,32). The van der Waals surface area contributed by atoms with Crippen molar-refractivity contribution in [3.05, 3.63) is 29.7 Å². The van der Waals surface area contributed by atoms with Crippen LogP contribution in [0.1, 0.15) is 50.6 Å². The van der Waals surface area contributed by atoms with Gasteiger partial charge in [0.05, 0.1) is 17.7 Å². The first-order valence-corrected chi connectivity index (χ1v) is 13.3. The number of likely N-dealkylation sites (tertiary alicyclic amines) is 1. The number of hydrogen-bond donors (Lipinski definition) is 1. The van der Waals surface area contributed by atoms with Crippen LogP contribution in [0.4, 0.5) is 4.39 Å². The Morgan fingerprint density at radius 1 is 1.21 bits per heavy atom. The quantitative estimate of drug-likeness (QED) is 0.638. The Bertz CT molecular complexity index is 1220. The minimum atomic E-state index is -4.29. The molecule has 3 aliphatic heterocycles.